The molecular weight excluding hydrogens is 204 g/mol. The maximum Gasteiger partial charge on any atom is 0.230 e. The molecule has 4 rings (SSSR count). The molecule has 0 saturated heterocycles. The monoisotopic (exact) mass is 214 g/mol. The van der Waals surface area contributed by atoms with Crippen molar-refractivity contribution in [3.8, 4) is 0 Å². The Morgan fingerprint density at radius 2 is 2.31 bits per heavy atom. The van der Waals surface area contributed by atoms with E-state index in [1.807, 2.05) is 6.07 Å². The number of anilines is 1. The summed E-state index contributed by atoms with van der Waals surface area (Å²) in [6, 6.07) is 2.03. The molecule has 2 aromatic rings. The van der Waals surface area contributed by atoms with E-state index in [-0.39, 0.29) is 5.91 Å². The van der Waals surface area contributed by atoms with E-state index in [9.17, 15) is 4.79 Å². The van der Waals surface area contributed by atoms with E-state index in [0.717, 1.165) is 22.7 Å². The minimum Gasteiger partial charge on any atom is -0.323 e. The first-order chi connectivity index (χ1) is 7.81. The van der Waals surface area contributed by atoms with Crippen LogP contribution in [-0.2, 0) is 11.2 Å². The Balaban J connectivity index is 1.97. The van der Waals surface area contributed by atoms with Gasteiger partial charge in [-0.2, -0.15) is 5.10 Å². The van der Waals surface area contributed by atoms with E-state index in [0.29, 0.717) is 12.3 Å². The Hall–Kier alpha value is -1.91. The molecule has 1 aliphatic heterocycles. The summed E-state index contributed by atoms with van der Waals surface area (Å²) >= 11 is 0. The van der Waals surface area contributed by atoms with Crippen molar-refractivity contribution in [1.82, 2.24) is 14.6 Å². The van der Waals surface area contributed by atoms with Crippen molar-refractivity contribution in [3.05, 3.63) is 23.7 Å². The minimum absolute atomic E-state index is 0.0211. The molecule has 0 bridgehead atoms. The van der Waals surface area contributed by atoms with Gasteiger partial charge in [-0.25, -0.2) is 9.50 Å². The van der Waals surface area contributed by atoms with E-state index in [4.69, 9.17) is 0 Å². The van der Waals surface area contributed by atoms with Crippen LogP contribution in [0.2, 0.25) is 0 Å². The lowest BCUT2D eigenvalue weighted by Gasteiger charge is -1.99. The lowest BCUT2D eigenvalue weighted by molar-refractivity contribution is -0.115. The molecule has 1 amide bonds. The van der Waals surface area contributed by atoms with Crippen LogP contribution in [0.25, 0.3) is 5.65 Å². The zero-order chi connectivity index (χ0) is 10.7. The van der Waals surface area contributed by atoms with Gasteiger partial charge in [0, 0.05) is 12.0 Å². The largest absolute Gasteiger partial charge is 0.323 e. The molecular formula is C11H10N4O. The maximum absolute atomic E-state index is 11.3. The number of hydrogen-bond acceptors (Lipinski definition) is 3. The molecule has 3 heterocycles. The average Bonchev–Trinajstić information content (AvgIpc) is 2.89. The van der Waals surface area contributed by atoms with Gasteiger partial charge in [0.25, 0.3) is 0 Å². The molecule has 0 radical (unpaired) electrons. The van der Waals surface area contributed by atoms with Gasteiger partial charge >= 0.3 is 0 Å². The van der Waals surface area contributed by atoms with Gasteiger partial charge in [0.05, 0.1) is 29.7 Å². The van der Waals surface area contributed by atoms with Gasteiger partial charge in [0.15, 0.2) is 5.65 Å². The zero-order valence-electron chi connectivity index (χ0n) is 8.60. The van der Waals surface area contributed by atoms with Gasteiger partial charge in [0.1, 0.15) is 0 Å². The zero-order valence-corrected chi connectivity index (χ0v) is 8.60. The standard InChI is InChI=1S/C11H10N4O/c16-11-4-9-8(13-11)5-12-10-3-7(6-1-2-6)14-15(9)10/h3,5-6H,1-2,4H2,(H,13,16). The average molecular weight is 214 g/mol. The lowest BCUT2D eigenvalue weighted by Crippen LogP contribution is -2.04. The van der Waals surface area contributed by atoms with E-state index < -0.39 is 0 Å². The quantitative estimate of drug-likeness (QED) is 0.773. The second-order valence-electron chi connectivity index (χ2n) is 4.46. The van der Waals surface area contributed by atoms with Gasteiger partial charge in [-0.15, -0.1) is 0 Å². The number of carbonyl (C=O) groups is 1. The first kappa shape index (κ1) is 8.27. The molecule has 0 atom stereocenters. The Kier molecular flexibility index (Phi) is 1.35. The van der Waals surface area contributed by atoms with Gasteiger partial charge < -0.3 is 5.32 Å². The third-order valence-corrected chi connectivity index (χ3v) is 3.20. The van der Waals surface area contributed by atoms with E-state index >= 15 is 0 Å². The fourth-order valence-corrected chi connectivity index (χ4v) is 2.20. The summed E-state index contributed by atoms with van der Waals surface area (Å²) in [7, 11) is 0. The second-order valence-corrected chi connectivity index (χ2v) is 4.46. The van der Waals surface area contributed by atoms with Crippen LogP contribution in [0.5, 0.6) is 0 Å². The van der Waals surface area contributed by atoms with Crippen LogP contribution < -0.4 is 5.32 Å². The molecule has 0 unspecified atom stereocenters. The van der Waals surface area contributed by atoms with E-state index in [2.05, 4.69) is 15.4 Å². The molecule has 0 aromatic carbocycles. The van der Waals surface area contributed by atoms with Crippen molar-refractivity contribution in [2.75, 3.05) is 5.32 Å². The summed E-state index contributed by atoms with van der Waals surface area (Å²) in [5.41, 5.74) is 3.68. The highest BCUT2D eigenvalue weighted by molar-refractivity contribution is 5.98. The molecule has 2 aromatic heterocycles. The molecule has 2 aliphatic rings. The first-order valence-electron chi connectivity index (χ1n) is 5.49. The summed E-state index contributed by atoms with van der Waals surface area (Å²) in [5.74, 6) is 0.634. The van der Waals surface area contributed by atoms with Crippen molar-refractivity contribution < 1.29 is 4.79 Å². The summed E-state index contributed by atoms with van der Waals surface area (Å²) in [6.45, 7) is 0. The van der Waals surface area contributed by atoms with Gasteiger partial charge in [-0.05, 0) is 12.8 Å². The highest BCUT2D eigenvalue weighted by Crippen LogP contribution is 2.39. The fraction of sp³-hybridized carbons (Fsp3) is 0.364. The maximum atomic E-state index is 11.3. The molecule has 1 saturated carbocycles. The number of rotatable bonds is 1. The third kappa shape index (κ3) is 1.02. The topological polar surface area (TPSA) is 59.3 Å². The predicted molar refractivity (Wildman–Crippen MR) is 57.3 cm³/mol. The Morgan fingerprint density at radius 1 is 1.44 bits per heavy atom. The number of fused-ring (bicyclic) bond motifs is 3. The third-order valence-electron chi connectivity index (χ3n) is 3.20. The summed E-state index contributed by atoms with van der Waals surface area (Å²) in [5, 5.41) is 7.32. The van der Waals surface area contributed by atoms with Crippen LogP contribution in [0.1, 0.15) is 30.1 Å². The number of carbonyl (C=O) groups excluding carboxylic acids is 1. The van der Waals surface area contributed by atoms with Crippen molar-refractivity contribution in [3.63, 3.8) is 0 Å². The van der Waals surface area contributed by atoms with Gasteiger partial charge in [-0.3, -0.25) is 4.79 Å². The van der Waals surface area contributed by atoms with Crippen LogP contribution >= 0.6 is 0 Å². The molecule has 0 spiro atoms. The molecule has 1 aliphatic carbocycles. The van der Waals surface area contributed by atoms with Crippen LogP contribution in [0, 0.1) is 0 Å². The Labute approximate surface area is 91.5 Å². The van der Waals surface area contributed by atoms with Gasteiger partial charge in [0.2, 0.25) is 5.91 Å². The number of nitrogens with zero attached hydrogens (tertiary/aromatic N) is 3. The van der Waals surface area contributed by atoms with Crippen LogP contribution in [0.15, 0.2) is 12.3 Å². The number of aromatic nitrogens is 3. The number of hydrogen-bond donors (Lipinski definition) is 1. The molecule has 5 heteroatoms. The fourth-order valence-electron chi connectivity index (χ4n) is 2.20. The number of nitrogens with one attached hydrogen (secondary N) is 1. The van der Waals surface area contributed by atoms with Crippen LogP contribution in [0.3, 0.4) is 0 Å². The van der Waals surface area contributed by atoms with Crippen molar-refractivity contribution in [1.29, 1.82) is 0 Å². The lowest BCUT2D eigenvalue weighted by atomic mass is 10.3. The summed E-state index contributed by atoms with van der Waals surface area (Å²) in [6.07, 6.45) is 4.57. The molecule has 5 nitrogen and oxygen atoms in total. The Bertz CT molecular complexity index is 612. The smallest absolute Gasteiger partial charge is 0.230 e. The first-order valence-corrected chi connectivity index (χ1v) is 5.49. The SMILES string of the molecule is O=C1Cc2c(cnc3cc(C4CC4)nn23)N1. The molecule has 1 N–H and O–H groups in total. The van der Waals surface area contributed by atoms with Crippen molar-refractivity contribution in [2.45, 2.75) is 25.2 Å². The van der Waals surface area contributed by atoms with Crippen molar-refractivity contribution >= 4 is 17.2 Å². The van der Waals surface area contributed by atoms with Gasteiger partial charge in [-0.1, -0.05) is 0 Å². The predicted octanol–water partition coefficient (Wildman–Crippen LogP) is 1.10. The molecule has 80 valence electrons. The van der Waals surface area contributed by atoms with E-state index in [1.54, 1.807) is 10.7 Å². The normalized spacial score (nSPS) is 18.9. The summed E-state index contributed by atoms with van der Waals surface area (Å²) in [4.78, 5) is 15.6. The van der Waals surface area contributed by atoms with Crippen LogP contribution in [0.4, 0.5) is 5.69 Å². The summed E-state index contributed by atoms with van der Waals surface area (Å²) < 4.78 is 1.81. The highest BCUT2D eigenvalue weighted by Gasteiger charge is 2.28. The van der Waals surface area contributed by atoms with Crippen LogP contribution in [-0.4, -0.2) is 20.5 Å². The Morgan fingerprint density at radius 3 is 3.12 bits per heavy atom. The number of amides is 1. The van der Waals surface area contributed by atoms with E-state index in [1.165, 1.54) is 12.8 Å². The highest BCUT2D eigenvalue weighted by atomic mass is 16.1. The minimum atomic E-state index is 0.0211. The van der Waals surface area contributed by atoms with Crippen molar-refractivity contribution in [2.24, 2.45) is 0 Å². The molecule has 16 heavy (non-hydrogen) atoms. The molecule has 1 fully saturated rings. The second kappa shape index (κ2) is 2.61.